The average Bonchev–Trinajstić information content (AvgIpc) is 2.35. The van der Waals surface area contributed by atoms with Crippen molar-refractivity contribution in [3.8, 4) is 0 Å². The van der Waals surface area contributed by atoms with Gasteiger partial charge in [0.1, 0.15) is 0 Å². The Labute approximate surface area is 113 Å². The van der Waals surface area contributed by atoms with E-state index in [0.717, 1.165) is 17.2 Å². The van der Waals surface area contributed by atoms with Crippen molar-refractivity contribution in [1.29, 1.82) is 0 Å². The summed E-state index contributed by atoms with van der Waals surface area (Å²) in [4.78, 5) is 15.9. The number of rotatable bonds is 7. The smallest absolute Gasteiger partial charge is 0.221 e. The molecule has 3 N–H and O–H groups in total. The number of nitrogens with one attached hydrogen (secondary N) is 1. The van der Waals surface area contributed by atoms with Crippen LogP contribution in [0.4, 0.5) is 0 Å². The summed E-state index contributed by atoms with van der Waals surface area (Å²) >= 11 is 1.71. The molecule has 1 rings (SSSR count). The molecule has 0 bridgehead atoms. The van der Waals surface area contributed by atoms with Crippen LogP contribution in [0.5, 0.6) is 0 Å². The molecule has 0 radical (unpaired) electrons. The highest BCUT2D eigenvalue weighted by Gasteiger charge is 2.17. The van der Waals surface area contributed by atoms with Gasteiger partial charge in [-0.05, 0) is 26.0 Å². The van der Waals surface area contributed by atoms with E-state index in [4.69, 9.17) is 5.73 Å². The van der Waals surface area contributed by atoms with Gasteiger partial charge in [-0.1, -0.05) is 6.07 Å². The van der Waals surface area contributed by atoms with Crippen molar-refractivity contribution in [1.82, 2.24) is 10.3 Å². The zero-order valence-electron chi connectivity index (χ0n) is 11.0. The third-order valence-corrected chi connectivity index (χ3v) is 3.43. The number of thioether (sulfide) groups is 1. The first-order valence-corrected chi connectivity index (χ1v) is 7.18. The van der Waals surface area contributed by atoms with Gasteiger partial charge < -0.3 is 11.1 Å². The van der Waals surface area contributed by atoms with E-state index < -0.39 is 0 Å². The number of amides is 1. The van der Waals surface area contributed by atoms with Gasteiger partial charge in [-0.3, -0.25) is 9.78 Å². The van der Waals surface area contributed by atoms with Gasteiger partial charge in [0.05, 0.1) is 5.69 Å². The quantitative estimate of drug-likeness (QED) is 0.736. The lowest BCUT2D eigenvalue weighted by molar-refractivity contribution is -0.122. The largest absolute Gasteiger partial charge is 0.350 e. The topological polar surface area (TPSA) is 68.0 Å². The van der Waals surface area contributed by atoms with Crippen LogP contribution in [0.3, 0.4) is 0 Å². The van der Waals surface area contributed by atoms with Crippen molar-refractivity contribution in [2.24, 2.45) is 5.73 Å². The van der Waals surface area contributed by atoms with Gasteiger partial charge in [-0.2, -0.15) is 11.8 Å². The molecule has 1 amide bonds. The van der Waals surface area contributed by atoms with E-state index in [1.165, 1.54) is 0 Å². The van der Waals surface area contributed by atoms with E-state index in [1.54, 1.807) is 18.0 Å². The van der Waals surface area contributed by atoms with Crippen LogP contribution in [-0.4, -0.2) is 28.7 Å². The van der Waals surface area contributed by atoms with E-state index in [2.05, 4.69) is 10.3 Å². The summed E-state index contributed by atoms with van der Waals surface area (Å²) in [6.07, 6.45) is 2.30. The summed E-state index contributed by atoms with van der Waals surface area (Å²) in [6.45, 7) is 4.29. The number of carbonyl (C=O) groups is 1. The average molecular weight is 267 g/mol. The monoisotopic (exact) mass is 267 g/mol. The molecule has 18 heavy (non-hydrogen) atoms. The maximum atomic E-state index is 11.6. The molecule has 1 heterocycles. The lowest BCUT2D eigenvalue weighted by atomic mass is 10.1. The fraction of sp³-hybridized carbons (Fsp3) is 0.538. The Bertz CT molecular complexity index is 368. The molecule has 0 saturated heterocycles. The van der Waals surface area contributed by atoms with Crippen molar-refractivity contribution in [2.75, 3.05) is 12.3 Å². The normalized spacial score (nSPS) is 11.3. The molecule has 100 valence electrons. The Hall–Kier alpha value is -1.07. The van der Waals surface area contributed by atoms with Gasteiger partial charge >= 0.3 is 0 Å². The zero-order chi connectivity index (χ0) is 13.4. The summed E-state index contributed by atoms with van der Waals surface area (Å²) in [5, 5.41) is 2.91. The zero-order valence-corrected chi connectivity index (χ0v) is 11.8. The second kappa shape index (κ2) is 7.38. The summed E-state index contributed by atoms with van der Waals surface area (Å²) in [6, 6.07) is 5.86. The molecule has 0 spiro atoms. The maximum Gasteiger partial charge on any atom is 0.221 e. The molecule has 1 aromatic rings. The minimum Gasteiger partial charge on any atom is -0.350 e. The Morgan fingerprint density at radius 2 is 2.28 bits per heavy atom. The highest BCUT2D eigenvalue weighted by molar-refractivity contribution is 7.98. The third-order valence-electron chi connectivity index (χ3n) is 2.44. The molecule has 0 saturated carbocycles. The number of nitrogens with two attached hydrogens (primary N) is 1. The van der Waals surface area contributed by atoms with Crippen LogP contribution < -0.4 is 11.1 Å². The minimum absolute atomic E-state index is 0.0546. The molecular formula is C13H21N3OS. The Morgan fingerprint density at radius 3 is 2.89 bits per heavy atom. The molecule has 5 heteroatoms. The maximum absolute atomic E-state index is 11.6. The van der Waals surface area contributed by atoms with Gasteiger partial charge in [0.25, 0.3) is 0 Å². The minimum atomic E-state index is -0.317. The highest BCUT2D eigenvalue weighted by atomic mass is 32.2. The molecule has 0 atom stereocenters. The molecule has 0 fully saturated rings. The predicted molar refractivity (Wildman–Crippen MR) is 76.3 cm³/mol. The van der Waals surface area contributed by atoms with Crippen molar-refractivity contribution in [3.63, 3.8) is 0 Å². The molecular weight excluding hydrogens is 246 g/mol. The number of carbonyl (C=O) groups excluding carboxylic acids is 1. The van der Waals surface area contributed by atoms with Gasteiger partial charge in [0.15, 0.2) is 0 Å². The second-order valence-electron chi connectivity index (χ2n) is 4.76. The number of nitrogens with zero attached hydrogens (tertiary/aromatic N) is 1. The molecule has 0 aliphatic heterocycles. The molecule has 1 aromatic heterocycles. The number of hydrogen-bond donors (Lipinski definition) is 2. The van der Waals surface area contributed by atoms with E-state index in [9.17, 15) is 4.79 Å². The van der Waals surface area contributed by atoms with Crippen LogP contribution in [-0.2, 0) is 10.5 Å². The second-order valence-corrected chi connectivity index (χ2v) is 5.87. The molecule has 0 aromatic carbocycles. The number of pyridine rings is 1. The van der Waals surface area contributed by atoms with Crippen molar-refractivity contribution in [3.05, 3.63) is 30.1 Å². The fourth-order valence-electron chi connectivity index (χ4n) is 1.32. The molecule has 4 nitrogen and oxygen atoms in total. The molecule has 0 aliphatic carbocycles. The number of aromatic nitrogens is 1. The van der Waals surface area contributed by atoms with Crippen LogP contribution in [0.15, 0.2) is 24.4 Å². The summed E-state index contributed by atoms with van der Waals surface area (Å²) in [5.74, 6) is 1.69. The third kappa shape index (κ3) is 6.02. The van der Waals surface area contributed by atoms with Gasteiger partial charge in [-0.15, -0.1) is 0 Å². The van der Waals surface area contributed by atoms with Crippen molar-refractivity contribution in [2.45, 2.75) is 31.6 Å². The first kappa shape index (κ1) is 15.0. The molecule has 0 unspecified atom stereocenters. The van der Waals surface area contributed by atoms with Crippen LogP contribution in [0.25, 0.3) is 0 Å². The van der Waals surface area contributed by atoms with E-state index in [-0.39, 0.29) is 11.4 Å². The van der Waals surface area contributed by atoms with Gasteiger partial charge in [0, 0.05) is 36.2 Å². The number of hydrogen-bond acceptors (Lipinski definition) is 4. The SMILES string of the molecule is CC(C)(CN)NC(=O)CCSCc1ccccn1. The van der Waals surface area contributed by atoms with Crippen LogP contribution >= 0.6 is 11.8 Å². The van der Waals surface area contributed by atoms with Crippen LogP contribution in [0.2, 0.25) is 0 Å². The lowest BCUT2D eigenvalue weighted by Gasteiger charge is -2.24. The van der Waals surface area contributed by atoms with Gasteiger partial charge in [-0.25, -0.2) is 0 Å². The fourth-order valence-corrected chi connectivity index (χ4v) is 2.17. The van der Waals surface area contributed by atoms with E-state index in [1.807, 2.05) is 32.0 Å². The van der Waals surface area contributed by atoms with Crippen LogP contribution in [0, 0.1) is 0 Å². The lowest BCUT2D eigenvalue weighted by Crippen LogP contribution is -2.48. The summed E-state index contributed by atoms with van der Waals surface area (Å²) < 4.78 is 0. The predicted octanol–water partition coefficient (Wildman–Crippen LogP) is 1.56. The van der Waals surface area contributed by atoms with Crippen molar-refractivity contribution < 1.29 is 4.79 Å². The van der Waals surface area contributed by atoms with Crippen molar-refractivity contribution >= 4 is 17.7 Å². The Kier molecular flexibility index (Phi) is 6.15. The van der Waals surface area contributed by atoms with Gasteiger partial charge in [0.2, 0.25) is 5.91 Å². The van der Waals surface area contributed by atoms with E-state index >= 15 is 0 Å². The Morgan fingerprint density at radius 1 is 1.50 bits per heavy atom. The standard InChI is InChI=1S/C13H21N3OS/c1-13(2,10-14)16-12(17)6-8-18-9-11-5-3-4-7-15-11/h3-5,7H,6,8-10,14H2,1-2H3,(H,16,17). The summed E-state index contributed by atoms with van der Waals surface area (Å²) in [7, 11) is 0. The first-order valence-electron chi connectivity index (χ1n) is 6.02. The highest BCUT2D eigenvalue weighted by Crippen LogP contribution is 2.11. The summed E-state index contributed by atoms with van der Waals surface area (Å²) in [5.41, 5.74) is 6.29. The first-order chi connectivity index (χ1) is 8.53. The van der Waals surface area contributed by atoms with Crippen LogP contribution in [0.1, 0.15) is 26.0 Å². The molecule has 0 aliphatic rings. The van der Waals surface area contributed by atoms with E-state index in [0.29, 0.717) is 13.0 Å². The Balaban J connectivity index is 2.17.